The number of alkyl carbamates (subject to hydrolysis) is 1. The van der Waals surface area contributed by atoms with Crippen LogP contribution < -0.4 is 5.32 Å². The molecule has 144 valence electrons. The van der Waals surface area contributed by atoms with Crippen LogP contribution in [0.3, 0.4) is 0 Å². The highest BCUT2D eigenvalue weighted by Crippen LogP contribution is 2.27. The molecule has 1 aromatic rings. The number of piperidine rings is 1. The summed E-state index contributed by atoms with van der Waals surface area (Å²) in [4.78, 5) is 26.0. The van der Waals surface area contributed by atoms with Crippen LogP contribution in [0, 0.1) is 0 Å². The molecule has 1 fully saturated rings. The number of amides is 1. The normalized spacial score (nSPS) is 21.1. The van der Waals surface area contributed by atoms with Crippen molar-refractivity contribution in [1.29, 1.82) is 0 Å². The molecule has 6 heteroatoms. The fourth-order valence-corrected chi connectivity index (χ4v) is 3.25. The number of hydrogen-bond acceptors (Lipinski definition) is 5. The van der Waals surface area contributed by atoms with E-state index in [-0.39, 0.29) is 24.0 Å². The van der Waals surface area contributed by atoms with Gasteiger partial charge >= 0.3 is 12.1 Å². The van der Waals surface area contributed by atoms with Crippen molar-refractivity contribution in [3.05, 3.63) is 35.4 Å². The number of nitrogens with zero attached hydrogens (tertiary/aromatic N) is 1. The summed E-state index contributed by atoms with van der Waals surface area (Å²) in [6.45, 7) is 9.42. The van der Waals surface area contributed by atoms with Gasteiger partial charge in [-0.15, -0.1) is 0 Å². The van der Waals surface area contributed by atoms with Crippen LogP contribution in [0.1, 0.15) is 56.0 Å². The molecule has 1 N–H and O–H groups in total. The smallest absolute Gasteiger partial charge is 0.407 e. The Morgan fingerprint density at radius 3 is 2.42 bits per heavy atom. The van der Waals surface area contributed by atoms with Gasteiger partial charge < -0.3 is 19.7 Å². The second-order valence-electron chi connectivity index (χ2n) is 7.84. The van der Waals surface area contributed by atoms with E-state index >= 15 is 0 Å². The van der Waals surface area contributed by atoms with Gasteiger partial charge in [-0.3, -0.25) is 0 Å². The van der Waals surface area contributed by atoms with Gasteiger partial charge in [0.05, 0.1) is 12.2 Å². The average molecular weight is 362 g/mol. The third kappa shape index (κ3) is 6.02. The number of benzene rings is 1. The molecule has 1 aromatic carbocycles. The van der Waals surface area contributed by atoms with E-state index < -0.39 is 5.60 Å². The van der Waals surface area contributed by atoms with Gasteiger partial charge in [0.25, 0.3) is 0 Å². The highest BCUT2D eigenvalue weighted by atomic mass is 16.6. The number of ether oxygens (including phenoxy) is 2. The highest BCUT2D eigenvalue weighted by molar-refractivity contribution is 5.89. The number of carbonyl (C=O) groups excluding carboxylic acids is 2. The van der Waals surface area contributed by atoms with Gasteiger partial charge in [-0.1, -0.05) is 12.1 Å². The van der Waals surface area contributed by atoms with Crippen molar-refractivity contribution in [3.8, 4) is 0 Å². The van der Waals surface area contributed by atoms with Gasteiger partial charge in [0.1, 0.15) is 5.60 Å². The van der Waals surface area contributed by atoms with Crippen LogP contribution in [-0.2, 0) is 9.47 Å². The van der Waals surface area contributed by atoms with Gasteiger partial charge in [-0.25, -0.2) is 9.59 Å². The van der Waals surface area contributed by atoms with E-state index in [9.17, 15) is 9.59 Å². The number of carbonyl (C=O) groups is 2. The Bertz CT molecular complexity index is 622. The van der Waals surface area contributed by atoms with Crippen molar-refractivity contribution in [2.45, 2.75) is 51.7 Å². The minimum atomic E-state index is -0.507. The Labute approximate surface area is 155 Å². The maximum absolute atomic E-state index is 12.1. The number of rotatable bonds is 4. The average Bonchev–Trinajstić information content (AvgIpc) is 2.52. The lowest BCUT2D eigenvalue weighted by Crippen LogP contribution is -2.49. The molecule has 1 heterocycles. The third-order valence-electron chi connectivity index (χ3n) is 4.25. The van der Waals surface area contributed by atoms with Crippen LogP contribution in [0.5, 0.6) is 0 Å². The molecule has 0 aromatic heterocycles. The van der Waals surface area contributed by atoms with E-state index in [1.807, 2.05) is 40.0 Å². The standard InChI is InChI=1S/C20H30N2O4/c1-6-25-18(23)15-9-7-14(8-10-15)16-11-17(13-22(5)12-16)21-19(24)26-20(2,3)4/h7-10,16-17H,6,11-13H2,1-5H3,(H,21,24). The summed E-state index contributed by atoms with van der Waals surface area (Å²) in [5.74, 6) is -0.0192. The molecule has 2 rings (SSSR count). The molecule has 0 aliphatic carbocycles. The number of likely N-dealkylation sites (tertiary alicyclic amines) is 1. The molecule has 1 saturated heterocycles. The van der Waals surface area contributed by atoms with Crippen molar-refractivity contribution in [2.75, 3.05) is 26.7 Å². The monoisotopic (exact) mass is 362 g/mol. The first kappa shape index (κ1) is 20.2. The molecule has 2 unspecified atom stereocenters. The third-order valence-corrected chi connectivity index (χ3v) is 4.25. The molecular formula is C20H30N2O4. The number of esters is 1. The maximum Gasteiger partial charge on any atom is 0.407 e. The number of nitrogens with one attached hydrogen (secondary N) is 1. The molecule has 1 aliphatic heterocycles. The first-order chi connectivity index (χ1) is 12.2. The maximum atomic E-state index is 12.1. The first-order valence-electron chi connectivity index (χ1n) is 9.13. The zero-order valence-electron chi connectivity index (χ0n) is 16.4. The van der Waals surface area contributed by atoms with Gasteiger partial charge in [-0.05, 0) is 64.8 Å². The largest absolute Gasteiger partial charge is 0.462 e. The SMILES string of the molecule is CCOC(=O)c1ccc(C2CC(NC(=O)OC(C)(C)C)CN(C)C2)cc1. The molecule has 0 saturated carbocycles. The Hall–Kier alpha value is -2.08. The summed E-state index contributed by atoms with van der Waals surface area (Å²) in [5.41, 5.74) is 1.20. The summed E-state index contributed by atoms with van der Waals surface area (Å²) in [6.07, 6.45) is 0.455. The Kier molecular flexibility index (Phi) is 6.64. The molecule has 6 nitrogen and oxygen atoms in total. The van der Waals surface area contributed by atoms with Crippen molar-refractivity contribution >= 4 is 12.1 Å². The molecule has 0 radical (unpaired) electrons. The van der Waals surface area contributed by atoms with Gasteiger partial charge in [0.2, 0.25) is 0 Å². The summed E-state index contributed by atoms with van der Waals surface area (Å²) in [7, 11) is 2.04. The highest BCUT2D eigenvalue weighted by Gasteiger charge is 2.29. The van der Waals surface area contributed by atoms with Crippen LogP contribution >= 0.6 is 0 Å². The van der Waals surface area contributed by atoms with E-state index in [1.54, 1.807) is 19.1 Å². The zero-order valence-corrected chi connectivity index (χ0v) is 16.4. The summed E-state index contributed by atoms with van der Waals surface area (Å²) < 4.78 is 10.4. The van der Waals surface area contributed by atoms with Crippen LogP contribution in [0.2, 0.25) is 0 Å². The van der Waals surface area contributed by atoms with Crippen LogP contribution in [0.25, 0.3) is 0 Å². The summed E-state index contributed by atoms with van der Waals surface area (Å²) in [5, 5.41) is 2.97. The van der Waals surface area contributed by atoms with Crippen LogP contribution in [-0.4, -0.2) is 55.3 Å². The minimum Gasteiger partial charge on any atom is -0.462 e. The topological polar surface area (TPSA) is 67.9 Å². The molecule has 0 bridgehead atoms. The van der Waals surface area contributed by atoms with Gasteiger partial charge in [-0.2, -0.15) is 0 Å². The van der Waals surface area contributed by atoms with Crippen molar-refractivity contribution < 1.29 is 19.1 Å². The lowest BCUT2D eigenvalue weighted by Gasteiger charge is -2.36. The molecule has 26 heavy (non-hydrogen) atoms. The fraction of sp³-hybridized carbons (Fsp3) is 0.600. The Morgan fingerprint density at radius 2 is 1.85 bits per heavy atom. The summed E-state index contributed by atoms with van der Waals surface area (Å²) >= 11 is 0. The van der Waals surface area contributed by atoms with E-state index in [0.29, 0.717) is 12.2 Å². The Balaban J connectivity index is 2.01. The zero-order chi connectivity index (χ0) is 19.3. The lowest BCUT2D eigenvalue weighted by atomic mass is 9.88. The second-order valence-corrected chi connectivity index (χ2v) is 7.84. The van der Waals surface area contributed by atoms with Gasteiger partial charge in [0, 0.05) is 19.1 Å². The van der Waals surface area contributed by atoms with Crippen molar-refractivity contribution in [1.82, 2.24) is 10.2 Å². The molecule has 1 aliphatic rings. The molecule has 2 atom stereocenters. The fourth-order valence-electron chi connectivity index (χ4n) is 3.25. The second kappa shape index (κ2) is 8.54. The van der Waals surface area contributed by atoms with E-state index in [4.69, 9.17) is 9.47 Å². The number of hydrogen-bond donors (Lipinski definition) is 1. The Morgan fingerprint density at radius 1 is 1.19 bits per heavy atom. The summed E-state index contributed by atoms with van der Waals surface area (Å²) in [6, 6.07) is 7.58. The van der Waals surface area contributed by atoms with Crippen LogP contribution in [0.15, 0.2) is 24.3 Å². The van der Waals surface area contributed by atoms with E-state index in [0.717, 1.165) is 25.1 Å². The van der Waals surface area contributed by atoms with Crippen molar-refractivity contribution in [3.63, 3.8) is 0 Å². The first-order valence-corrected chi connectivity index (χ1v) is 9.13. The minimum absolute atomic E-state index is 0.0262. The van der Waals surface area contributed by atoms with Crippen molar-refractivity contribution in [2.24, 2.45) is 0 Å². The predicted octanol–water partition coefficient (Wildman–Crippen LogP) is 3.18. The van der Waals surface area contributed by atoms with Crippen LogP contribution in [0.4, 0.5) is 4.79 Å². The number of likely N-dealkylation sites (N-methyl/N-ethyl adjacent to an activating group) is 1. The quantitative estimate of drug-likeness (QED) is 0.833. The predicted molar refractivity (Wildman–Crippen MR) is 100 cm³/mol. The molecule has 1 amide bonds. The van der Waals surface area contributed by atoms with E-state index in [1.165, 1.54) is 0 Å². The van der Waals surface area contributed by atoms with E-state index in [2.05, 4.69) is 10.2 Å². The molecule has 0 spiro atoms. The van der Waals surface area contributed by atoms with Gasteiger partial charge in [0.15, 0.2) is 0 Å². The lowest BCUT2D eigenvalue weighted by molar-refractivity contribution is 0.0470. The molecular weight excluding hydrogens is 332 g/mol.